The van der Waals surface area contributed by atoms with Crippen molar-refractivity contribution in [3.05, 3.63) is 40.1 Å². The van der Waals surface area contributed by atoms with Gasteiger partial charge >= 0.3 is 0 Å². The van der Waals surface area contributed by atoms with Crippen molar-refractivity contribution in [2.45, 2.75) is 13.5 Å². The highest BCUT2D eigenvalue weighted by Gasteiger charge is 2.08. The van der Waals surface area contributed by atoms with E-state index in [0.717, 1.165) is 5.75 Å². The van der Waals surface area contributed by atoms with E-state index in [0.29, 0.717) is 6.54 Å². The molecule has 1 aromatic carbocycles. The number of aryl methyl sites for hydroxylation is 1. The van der Waals surface area contributed by atoms with Crippen LogP contribution in [0.4, 0.5) is 0 Å². The normalized spacial score (nSPS) is 10.4. The molecule has 0 radical (unpaired) electrons. The standard InChI is InChI=1S/C13H15NOS/c1-9-7-10(15-2)3-4-11(9)12-5-6-16-13(12)8-14/h3-7H,8,14H2,1-2H3. The highest BCUT2D eigenvalue weighted by Crippen LogP contribution is 2.32. The molecular formula is C13H15NOS. The van der Waals surface area contributed by atoms with E-state index in [-0.39, 0.29) is 0 Å². The highest BCUT2D eigenvalue weighted by molar-refractivity contribution is 7.10. The van der Waals surface area contributed by atoms with Crippen LogP contribution in [-0.4, -0.2) is 7.11 Å². The minimum atomic E-state index is 0.596. The summed E-state index contributed by atoms with van der Waals surface area (Å²) >= 11 is 1.71. The molecule has 16 heavy (non-hydrogen) atoms. The molecule has 2 nitrogen and oxygen atoms in total. The molecular weight excluding hydrogens is 218 g/mol. The Morgan fingerprint density at radius 3 is 2.69 bits per heavy atom. The number of benzene rings is 1. The summed E-state index contributed by atoms with van der Waals surface area (Å²) < 4.78 is 5.20. The lowest BCUT2D eigenvalue weighted by Gasteiger charge is -2.08. The second-order valence-electron chi connectivity index (χ2n) is 3.64. The summed E-state index contributed by atoms with van der Waals surface area (Å²) in [5.74, 6) is 0.894. The number of ether oxygens (including phenoxy) is 1. The summed E-state index contributed by atoms with van der Waals surface area (Å²) in [6.45, 7) is 2.69. The second kappa shape index (κ2) is 4.68. The van der Waals surface area contributed by atoms with Gasteiger partial charge in [0, 0.05) is 11.4 Å². The lowest BCUT2D eigenvalue weighted by molar-refractivity contribution is 0.414. The van der Waals surface area contributed by atoms with Gasteiger partial charge in [0.05, 0.1) is 7.11 Å². The van der Waals surface area contributed by atoms with Gasteiger partial charge in [0.1, 0.15) is 5.75 Å². The predicted molar refractivity (Wildman–Crippen MR) is 68.9 cm³/mol. The molecule has 0 fully saturated rings. The number of methoxy groups -OCH3 is 1. The molecule has 0 unspecified atom stereocenters. The third-order valence-corrected chi connectivity index (χ3v) is 3.60. The van der Waals surface area contributed by atoms with E-state index in [1.807, 2.05) is 12.1 Å². The predicted octanol–water partition coefficient (Wildman–Crippen LogP) is 3.19. The van der Waals surface area contributed by atoms with Crippen LogP contribution in [0.1, 0.15) is 10.4 Å². The van der Waals surface area contributed by atoms with Crippen molar-refractivity contribution < 1.29 is 4.74 Å². The molecule has 0 aliphatic rings. The SMILES string of the molecule is COc1ccc(-c2ccsc2CN)c(C)c1. The molecule has 84 valence electrons. The van der Waals surface area contributed by atoms with Crippen molar-refractivity contribution in [2.24, 2.45) is 5.73 Å². The Bertz CT molecular complexity index is 490. The van der Waals surface area contributed by atoms with Gasteiger partial charge < -0.3 is 10.5 Å². The van der Waals surface area contributed by atoms with Crippen LogP contribution in [0.3, 0.4) is 0 Å². The Morgan fingerprint density at radius 1 is 1.25 bits per heavy atom. The zero-order valence-electron chi connectivity index (χ0n) is 9.49. The second-order valence-corrected chi connectivity index (χ2v) is 4.64. The van der Waals surface area contributed by atoms with Crippen LogP contribution < -0.4 is 10.5 Å². The summed E-state index contributed by atoms with van der Waals surface area (Å²) in [5.41, 5.74) is 9.42. The van der Waals surface area contributed by atoms with Crippen LogP contribution in [0.5, 0.6) is 5.75 Å². The first-order chi connectivity index (χ1) is 7.76. The molecule has 0 atom stereocenters. The number of nitrogens with two attached hydrogens (primary N) is 1. The topological polar surface area (TPSA) is 35.2 Å². The summed E-state index contributed by atoms with van der Waals surface area (Å²) in [6, 6.07) is 8.25. The molecule has 1 heterocycles. The van der Waals surface area contributed by atoms with Gasteiger partial charge in [0.2, 0.25) is 0 Å². The van der Waals surface area contributed by atoms with Gasteiger partial charge in [-0.1, -0.05) is 6.07 Å². The molecule has 0 saturated carbocycles. The average Bonchev–Trinajstić information content (AvgIpc) is 2.76. The van der Waals surface area contributed by atoms with Gasteiger partial charge in [-0.2, -0.15) is 0 Å². The van der Waals surface area contributed by atoms with Crippen LogP contribution >= 0.6 is 11.3 Å². The molecule has 0 bridgehead atoms. The minimum Gasteiger partial charge on any atom is -0.497 e. The van der Waals surface area contributed by atoms with Crippen LogP contribution in [0.25, 0.3) is 11.1 Å². The van der Waals surface area contributed by atoms with Crippen molar-refractivity contribution in [1.29, 1.82) is 0 Å². The summed E-state index contributed by atoms with van der Waals surface area (Å²) in [4.78, 5) is 1.23. The smallest absolute Gasteiger partial charge is 0.119 e. The summed E-state index contributed by atoms with van der Waals surface area (Å²) in [7, 11) is 1.68. The van der Waals surface area contributed by atoms with E-state index >= 15 is 0 Å². The van der Waals surface area contributed by atoms with E-state index in [9.17, 15) is 0 Å². The maximum absolute atomic E-state index is 5.72. The van der Waals surface area contributed by atoms with E-state index in [1.165, 1.54) is 21.6 Å². The Balaban J connectivity index is 2.48. The fourth-order valence-corrected chi connectivity index (χ4v) is 2.57. The van der Waals surface area contributed by atoms with Crippen molar-refractivity contribution >= 4 is 11.3 Å². The van der Waals surface area contributed by atoms with Crippen LogP contribution in [0, 0.1) is 6.92 Å². The quantitative estimate of drug-likeness (QED) is 0.883. The summed E-state index contributed by atoms with van der Waals surface area (Å²) in [5, 5.41) is 2.08. The molecule has 0 aliphatic heterocycles. The van der Waals surface area contributed by atoms with Crippen LogP contribution in [0.15, 0.2) is 29.6 Å². The van der Waals surface area contributed by atoms with E-state index in [1.54, 1.807) is 18.4 Å². The Kier molecular flexibility index (Phi) is 3.27. The van der Waals surface area contributed by atoms with Crippen LogP contribution in [-0.2, 0) is 6.54 Å². The Labute approximate surface area is 99.7 Å². The van der Waals surface area contributed by atoms with Crippen molar-refractivity contribution in [1.82, 2.24) is 0 Å². The molecule has 0 saturated heterocycles. The lowest BCUT2D eigenvalue weighted by Crippen LogP contribution is -1.95. The first kappa shape index (κ1) is 11.2. The maximum atomic E-state index is 5.72. The average molecular weight is 233 g/mol. The number of hydrogen-bond donors (Lipinski definition) is 1. The third-order valence-electron chi connectivity index (χ3n) is 2.65. The van der Waals surface area contributed by atoms with Crippen LogP contribution in [0.2, 0.25) is 0 Å². The van der Waals surface area contributed by atoms with Gasteiger partial charge in [0.15, 0.2) is 0 Å². The van der Waals surface area contributed by atoms with Crippen molar-refractivity contribution in [3.8, 4) is 16.9 Å². The zero-order chi connectivity index (χ0) is 11.5. The van der Waals surface area contributed by atoms with E-state index < -0.39 is 0 Å². The highest BCUT2D eigenvalue weighted by atomic mass is 32.1. The molecule has 0 amide bonds. The number of thiophene rings is 1. The Hall–Kier alpha value is -1.32. The van der Waals surface area contributed by atoms with Crippen molar-refractivity contribution in [2.75, 3.05) is 7.11 Å². The fourth-order valence-electron chi connectivity index (χ4n) is 1.80. The van der Waals surface area contributed by atoms with Crippen molar-refractivity contribution in [3.63, 3.8) is 0 Å². The molecule has 3 heteroatoms. The molecule has 2 rings (SSSR count). The van der Waals surface area contributed by atoms with Gasteiger partial charge in [-0.05, 0) is 47.2 Å². The molecule has 0 aliphatic carbocycles. The molecule has 1 aromatic heterocycles. The van der Waals surface area contributed by atoms with E-state index in [4.69, 9.17) is 10.5 Å². The first-order valence-corrected chi connectivity index (χ1v) is 6.05. The zero-order valence-corrected chi connectivity index (χ0v) is 10.3. The van der Waals surface area contributed by atoms with E-state index in [2.05, 4.69) is 24.4 Å². The fraction of sp³-hybridized carbons (Fsp3) is 0.231. The largest absolute Gasteiger partial charge is 0.497 e. The Morgan fingerprint density at radius 2 is 2.06 bits per heavy atom. The van der Waals surface area contributed by atoms with Gasteiger partial charge in [-0.3, -0.25) is 0 Å². The minimum absolute atomic E-state index is 0.596. The van der Waals surface area contributed by atoms with Gasteiger partial charge in [-0.15, -0.1) is 11.3 Å². The third kappa shape index (κ3) is 1.96. The monoisotopic (exact) mass is 233 g/mol. The lowest BCUT2D eigenvalue weighted by atomic mass is 10.0. The number of rotatable bonds is 3. The van der Waals surface area contributed by atoms with Gasteiger partial charge in [-0.25, -0.2) is 0 Å². The molecule has 2 aromatic rings. The first-order valence-electron chi connectivity index (χ1n) is 5.17. The summed E-state index contributed by atoms with van der Waals surface area (Å²) in [6.07, 6.45) is 0. The molecule has 0 spiro atoms. The molecule has 2 N–H and O–H groups in total. The maximum Gasteiger partial charge on any atom is 0.119 e. The number of hydrogen-bond acceptors (Lipinski definition) is 3. The van der Waals surface area contributed by atoms with Gasteiger partial charge in [0.25, 0.3) is 0 Å².